The number of carbonyl (C=O) groups excluding carboxylic acids is 5. The summed E-state index contributed by atoms with van der Waals surface area (Å²) < 4.78 is 13.8. The summed E-state index contributed by atoms with van der Waals surface area (Å²) in [6.45, 7) is 2.66. The Labute approximate surface area is 125 Å². The number of carbonyl (C=O) groups is 5. The lowest BCUT2D eigenvalue weighted by Gasteiger charge is -2.07. The summed E-state index contributed by atoms with van der Waals surface area (Å²) in [5.74, 6) is -4.06. The Morgan fingerprint density at radius 2 is 1.82 bits per heavy atom. The first kappa shape index (κ1) is 17.3. The standard InChI is InChI=1S/C13H15NO8/c1-7(2)13(19)21-6-20-10(16)3-4-11(17)22-8-5-9(15)14-12(8)18/h3-4,7-8H,5-6H2,1-2H3,(H,14,15,18)/b4-3+. The van der Waals surface area contributed by atoms with Crippen molar-refractivity contribution in [1.29, 1.82) is 0 Å². The number of ether oxygens (including phenoxy) is 3. The van der Waals surface area contributed by atoms with E-state index in [1.165, 1.54) is 0 Å². The molecule has 1 aliphatic rings. The minimum Gasteiger partial charge on any atom is -0.449 e. The van der Waals surface area contributed by atoms with Crippen molar-refractivity contribution < 1.29 is 38.2 Å². The van der Waals surface area contributed by atoms with E-state index >= 15 is 0 Å². The smallest absolute Gasteiger partial charge is 0.333 e. The molecule has 1 heterocycles. The van der Waals surface area contributed by atoms with E-state index < -0.39 is 42.6 Å². The van der Waals surface area contributed by atoms with Crippen molar-refractivity contribution in [3.8, 4) is 0 Å². The molecule has 1 N–H and O–H groups in total. The number of hydrogen-bond donors (Lipinski definition) is 1. The summed E-state index contributed by atoms with van der Waals surface area (Å²) >= 11 is 0. The van der Waals surface area contributed by atoms with Gasteiger partial charge in [0, 0.05) is 12.2 Å². The highest BCUT2D eigenvalue weighted by atomic mass is 16.7. The van der Waals surface area contributed by atoms with E-state index in [0.717, 1.165) is 12.2 Å². The van der Waals surface area contributed by atoms with Crippen LogP contribution in [0.15, 0.2) is 12.2 Å². The van der Waals surface area contributed by atoms with E-state index in [1.54, 1.807) is 13.8 Å². The van der Waals surface area contributed by atoms with Gasteiger partial charge in [-0.2, -0.15) is 0 Å². The van der Waals surface area contributed by atoms with E-state index in [1.807, 2.05) is 5.32 Å². The second-order valence-corrected chi connectivity index (χ2v) is 4.57. The molecule has 1 saturated heterocycles. The number of nitrogens with one attached hydrogen (secondary N) is 1. The zero-order valence-electron chi connectivity index (χ0n) is 12.0. The summed E-state index contributed by atoms with van der Waals surface area (Å²) in [7, 11) is 0. The molecule has 0 aromatic heterocycles. The highest BCUT2D eigenvalue weighted by Gasteiger charge is 2.33. The third-order valence-electron chi connectivity index (χ3n) is 2.41. The zero-order valence-corrected chi connectivity index (χ0v) is 12.0. The van der Waals surface area contributed by atoms with Gasteiger partial charge in [-0.15, -0.1) is 0 Å². The fourth-order valence-electron chi connectivity index (χ4n) is 1.30. The lowest BCUT2D eigenvalue weighted by molar-refractivity contribution is -0.166. The van der Waals surface area contributed by atoms with Gasteiger partial charge in [0.1, 0.15) is 0 Å². The molecule has 2 amide bonds. The van der Waals surface area contributed by atoms with Crippen molar-refractivity contribution in [1.82, 2.24) is 5.32 Å². The van der Waals surface area contributed by atoms with Crippen LogP contribution in [-0.2, 0) is 38.2 Å². The second kappa shape index (κ2) is 7.91. The molecule has 9 heteroatoms. The number of amides is 2. The average molecular weight is 313 g/mol. The van der Waals surface area contributed by atoms with Crippen molar-refractivity contribution >= 4 is 29.7 Å². The number of rotatable bonds is 6. The Morgan fingerprint density at radius 1 is 1.18 bits per heavy atom. The van der Waals surface area contributed by atoms with Gasteiger partial charge in [0.05, 0.1) is 12.3 Å². The molecule has 0 aliphatic carbocycles. The van der Waals surface area contributed by atoms with Crippen LogP contribution in [0.4, 0.5) is 0 Å². The van der Waals surface area contributed by atoms with Gasteiger partial charge in [0.25, 0.3) is 5.91 Å². The minimum atomic E-state index is -1.20. The van der Waals surface area contributed by atoms with Crippen LogP contribution in [0.3, 0.4) is 0 Å². The van der Waals surface area contributed by atoms with Crippen LogP contribution in [0.25, 0.3) is 0 Å². The molecule has 9 nitrogen and oxygen atoms in total. The Kier molecular flexibility index (Phi) is 6.24. The van der Waals surface area contributed by atoms with Crippen LogP contribution in [0.2, 0.25) is 0 Å². The molecule has 1 aliphatic heterocycles. The quantitative estimate of drug-likeness (QED) is 0.292. The van der Waals surface area contributed by atoms with Gasteiger partial charge in [0.15, 0.2) is 6.10 Å². The Hall–Kier alpha value is -2.71. The molecule has 120 valence electrons. The highest BCUT2D eigenvalue weighted by Crippen LogP contribution is 2.06. The molecule has 1 atom stereocenters. The van der Waals surface area contributed by atoms with Gasteiger partial charge in [-0.3, -0.25) is 19.7 Å². The molecule has 1 unspecified atom stereocenters. The first-order valence-electron chi connectivity index (χ1n) is 6.35. The summed E-state index contributed by atoms with van der Waals surface area (Å²) in [4.78, 5) is 55.6. The van der Waals surface area contributed by atoms with Crippen LogP contribution >= 0.6 is 0 Å². The van der Waals surface area contributed by atoms with Crippen molar-refractivity contribution in [2.24, 2.45) is 5.92 Å². The van der Waals surface area contributed by atoms with Gasteiger partial charge in [-0.05, 0) is 0 Å². The third-order valence-corrected chi connectivity index (χ3v) is 2.41. The van der Waals surface area contributed by atoms with Crippen LogP contribution in [-0.4, -0.2) is 42.6 Å². The monoisotopic (exact) mass is 313 g/mol. The molecule has 0 spiro atoms. The minimum absolute atomic E-state index is 0.256. The fourth-order valence-corrected chi connectivity index (χ4v) is 1.30. The summed E-state index contributed by atoms with van der Waals surface area (Å²) in [6.07, 6.45) is 0.0318. The lowest BCUT2D eigenvalue weighted by Crippen LogP contribution is -2.28. The highest BCUT2D eigenvalue weighted by molar-refractivity contribution is 6.06. The fraction of sp³-hybridized carbons (Fsp3) is 0.462. The van der Waals surface area contributed by atoms with E-state index in [9.17, 15) is 24.0 Å². The van der Waals surface area contributed by atoms with Crippen LogP contribution < -0.4 is 5.32 Å². The second-order valence-electron chi connectivity index (χ2n) is 4.57. The predicted molar refractivity (Wildman–Crippen MR) is 68.7 cm³/mol. The van der Waals surface area contributed by atoms with Gasteiger partial charge in [-0.1, -0.05) is 13.8 Å². The Balaban J connectivity index is 2.30. The normalized spacial score (nSPS) is 17.5. The van der Waals surface area contributed by atoms with Crippen LogP contribution in [0.5, 0.6) is 0 Å². The average Bonchev–Trinajstić information content (AvgIpc) is 2.74. The van der Waals surface area contributed by atoms with Crippen molar-refractivity contribution in [2.45, 2.75) is 26.4 Å². The zero-order chi connectivity index (χ0) is 16.7. The Bertz CT molecular complexity index is 522. The van der Waals surface area contributed by atoms with E-state index in [-0.39, 0.29) is 12.3 Å². The third kappa shape index (κ3) is 5.73. The summed E-state index contributed by atoms with van der Waals surface area (Å²) in [5.41, 5.74) is 0. The van der Waals surface area contributed by atoms with Gasteiger partial charge in [0.2, 0.25) is 12.7 Å². The van der Waals surface area contributed by atoms with Crippen LogP contribution in [0, 0.1) is 5.92 Å². The van der Waals surface area contributed by atoms with E-state index in [2.05, 4.69) is 14.2 Å². The maximum atomic E-state index is 11.3. The largest absolute Gasteiger partial charge is 0.449 e. The van der Waals surface area contributed by atoms with Crippen molar-refractivity contribution in [3.05, 3.63) is 12.2 Å². The molecule has 0 aromatic carbocycles. The first-order chi connectivity index (χ1) is 10.3. The van der Waals surface area contributed by atoms with Gasteiger partial charge in [-0.25, -0.2) is 9.59 Å². The van der Waals surface area contributed by atoms with Crippen LogP contribution in [0.1, 0.15) is 20.3 Å². The van der Waals surface area contributed by atoms with Crippen molar-refractivity contribution in [2.75, 3.05) is 6.79 Å². The predicted octanol–water partition coefficient (Wildman–Crippen LogP) is -0.799. The Morgan fingerprint density at radius 3 is 2.36 bits per heavy atom. The topological polar surface area (TPSA) is 125 Å². The van der Waals surface area contributed by atoms with Gasteiger partial charge < -0.3 is 14.2 Å². The van der Waals surface area contributed by atoms with E-state index in [0.29, 0.717) is 0 Å². The summed E-state index contributed by atoms with van der Waals surface area (Å²) in [5, 5.41) is 1.97. The molecular weight excluding hydrogens is 298 g/mol. The molecule has 0 aromatic rings. The maximum Gasteiger partial charge on any atom is 0.333 e. The molecule has 0 bridgehead atoms. The van der Waals surface area contributed by atoms with Gasteiger partial charge >= 0.3 is 17.9 Å². The SMILES string of the molecule is CC(C)C(=O)OCOC(=O)/C=C/C(=O)OC1CC(=O)NC1=O. The summed E-state index contributed by atoms with van der Waals surface area (Å²) in [6, 6.07) is 0. The number of imide groups is 1. The molecule has 1 fully saturated rings. The molecule has 0 radical (unpaired) electrons. The maximum absolute atomic E-state index is 11.3. The van der Waals surface area contributed by atoms with E-state index in [4.69, 9.17) is 0 Å². The first-order valence-corrected chi connectivity index (χ1v) is 6.35. The number of esters is 3. The molecule has 1 rings (SSSR count). The van der Waals surface area contributed by atoms with Crippen molar-refractivity contribution in [3.63, 3.8) is 0 Å². The molecule has 22 heavy (non-hydrogen) atoms. The number of hydrogen-bond acceptors (Lipinski definition) is 8. The molecule has 0 saturated carbocycles. The lowest BCUT2D eigenvalue weighted by atomic mass is 10.2. The molecular formula is C13H15NO8.